The van der Waals surface area contributed by atoms with Crippen LogP contribution in [-0.2, 0) is 0 Å². The van der Waals surface area contributed by atoms with E-state index in [1.165, 1.54) is 11.1 Å². The highest BCUT2D eigenvalue weighted by molar-refractivity contribution is 5.90. The van der Waals surface area contributed by atoms with Crippen LogP contribution in [0.4, 0.5) is 0 Å². The molecule has 0 aromatic heterocycles. The predicted octanol–water partition coefficient (Wildman–Crippen LogP) is 5.66. The van der Waals surface area contributed by atoms with Gasteiger partial charge in [0.1, 0.15) is 0 Å². The first-order chi connectivity index (χ1) is 11.5. The van der Waals surface area contributed by atoms with Crippen molar-refractivity contribution in [1.82, 2.24) is 0 Å². The lowest BCUT2D eigenvalue weighted by atomic mass is 9.90. The molecule has 0 saturated carbocycles. The number of methoxy groups -OCH3 is 1. The number of phenols is 1. The van der Waals surface area contributed by atoms with Crippen LogP contribution in [0, 0.1) is 20.8 Å². The molecule has 0 spiro atoms. The first kappa shape index (κ1) is 16.1. The Balaban J connectivity index is 2.33. The molecule has 2 nitrogen and oxygen atoms in total. The summed E-state index contributed by atoms with van der Waals surface area (Å²) in [5.74, 6) is 0.721. The highest BCUT2D eigenvalue weighted by Gasteiger charge is 2.19. The van der Waals surface area contributed by atoms with E-state index >= 15 is 0 Å². The minimum absolute atomic E-state index is 0.198. The standard InChI is InChI=1S/C22H22O2/c1-14-5-9-17(10-6-14)19-13-16(3)21(23)22(24-4)20(19)18-11-7-15(2)8-12-18/h5-13,23H,1-4H3. The number of hydrogen-bond acceptors (Lipinski definition) is 2. The molecular weight excluding hydrogens is 296 g/mol. The van der Waals surface area contributed by atoms with Gasteiger partial charge in [0, 0.05) is 5.56 Å². The van der Waals surface area contributed by atoms with Gasteiger partial charge in [0.15, 0.2) is 11.5 Å². The molecule has 24 heavy (non-hydrogen) atoms. The average Bonchev–Trinajstić information content (AvgIpc) is 2.58. The fourth-order valence-electron chi connectivity index (χ4n) is 2.94. The summed E-state index contributed by atoms with van der Waals surface area (Å²) in [6, 6.07) is 18.7. The van der Waals surface area contributed by atoms with Crippen LogP contribution in [0.15, 0.2) is 54.6 Å². The number of rotatable bonds is 3. The number of aromatic hydroxyl groups is 1. The van der Waals surface area contributed by atoms with Gasteiger partial charge in [-0.25, -0.2) is 0 Å². The molecule has 0 amide bonds. The molecule has 122 valence electrons. The van der Waals surface area contributed by atoms with Gasteiger partial charge >= 0.3 is 0 Å². The number of hydrogen-bond donors (Lipinski definition) is 1. The SMILES string of the molecule is COc1c(O)c(C)cc(-c2ccc(C)cc2)c1-c1ccc(C)cc1. The lowest BCUT2D eigenvalue weighted by Gasteiger charge is -2.18. The predicted molar refractivity (Wildman–Crippen MR) is 99.7 cm³/mol. The molecule has 0 fully saturated rings. The average molecular weight is 318 g/mol. The zero-order valence-electron chi connectivity index (χ0n) is 14.6. The lowest BCUT2D eigenvalue weighted by Crippen LogP contribution is -1.95. The Morgan fingerprint density at radius 3 is 1.75 bits per heavy atom. The van der Waals surface area contributed by atoms with Crippen molar-refractivity contribution >= 4 is 0 Å². The Morgan fingerprint density at radius 2 is 1.25 bits per heavy atom. The first-order valence-corrected chi connectivity index (χ1v) is 8.06. The third-order valence-corrected chi connectivity index (χ3v) is 4.35. The smallest absolute Gasteiger partial charge is 0.169 e. The fraction of sp³-hybridized carbons (Fsp3) is 0.182. The molecule has 2 heteroatoms. The van der Waals surface area contributed by atoms with E-state index in [0.29, 0.717) is 5.75 Å². The quantitative estimate of drug-likeness (QED) is 0.675. The Morgan fingerprint density at radius 1 is 0.750 bits per heavy atom. The van der Waals surface area contributed by atoms with Crippen molar-refractivity contribution in [2.45, 2.75) is 20.8 Å². The third-order valence-electron chi connectivity index (χ3n) is 4.35. The van der Waals surface area contributed by atoms with E-state index in [9.17, 15) is 5.11 Å². The van der Waals surface area contributed by atoms with Gasteiger partial charge in [-0.2, -0.15) is 0 Å². The molecule has 1 N–H and O–H groups in total. The van der Waals surface area contributed by atoms with Crippen molar-refractivity contribution in [2.75, 3.05) is 7.11 Å². The maximum atomic E-state index is 10.5. The monoisotopic (exact) mass is 318 g/mol. The molecule has 3 aromatic rings. The van der Waals surface area contributed by atoms with Gasteiger partial charge in [0.25, 0.3) is 0 Å². The van der Waals surface area contributed by atoms with Gasteiger partial charge in [-0.1, -0.05) is 59.7 Å². The second-order valence-corrected chi connectivity index (χ2v) is 6.23. The molecule has 0 radical (unpaired) electrons. The third kappa shape index (κ3) is 2.88. The molecule has 3 rings (SSSR count). The van der Waals surface area contributed by atoms with Crippen LogP contribution in [0.25, 0.3) is 22.3 Å². The van der Waals surface area contributed by atoms with Crippen molar-refractivity contribution < 1.29 is 9.84 Å². The number of phenolic OH excluding ortho intramolecular Hbond substituents is 1. The maximum absolute atomic E-state index is 10.5. The van der Waals surface area contributed by atoms with E-state index in [1.54, 1.807) is 7.11 Å². The van der Waals surface area contributed by atoms with E-state index in [1.807, 2.05) is 13.0 Å². The van der Waals surface area contributed by atoms with E-state index in [0.717, 1.165) is 27.8 Å². The first-order valence-electron chi connectivity index (χ1n) is 8.06. The molecule has 0 aliphatic rings. The van der Waals surface area contributed by atoms with E-state index in [2.05, 4.69) is 62.4 Å². The minimum atomic E-state index is 0.198. The Kier molecular flexibility index (Phi) is 4.30. The van der Waals surface area contributed by atoms with Crippen molar-refractivity contribution in [3.63, 3.8) is 0 Å². The summed E-state index contributed by atoms with van der Waals surface area (Å²) in [5.41, 5.74) is 7.35. The zero-order valence-corrected chi connectivity index (χ0v) is 14.6. The Bertz CT molecular complexity index is 860. The van der Waals surface area contributed by atoms with E-state index < -0.39 is 0 Å². The van der Waals surface area contributed by atoms with Gasteiger partial charge in [-0.05, 0) is 49.1 Å². The lowest BCUT2D eigenvalue weighted by molar-refractivity contribution is 0.373. The zero-order chi connectivity index (χ0) is 17.3. The second-order valence-electron chi connectivity index (χ2n) is 6.23. The van der Waals surface area contributed by atoms with Gasteiger partial charge in [-0.3, -0.25) is 0 Å². The van der Waals surface area contributed by atoms with Crippen LogP contribution < -0.4 is 4.74 Å². The van der Waals surface area contributed by atoms with Crippen LogP contribution >= 0.6 is 0 Å². The largest absolute Gasteiger partial charge is 0.504 e. The Hall–Kier alpha value is -2.74. The van der Waals surface area contributed by atoms with Crippen LogP contribution in [0.5, 0.6) is 11.5 Å². The van der Waals surface area contributed by atoms with Crippen molar-refractivity contribution in [3.05, 3.63) is 71.3 Å². The summed E-state index contributed by atoms with van der Waals surface area (Å²) in [5, 5.41) is 10.5. The second kappa shape index (κ2) is 6.40. The Labute approximate surface area is 143 Å². The molecule has 0 heterocycles. The normalized spacial score (nSPS) is 10.7. The molecule has 3 aromatic carbocycles. The molecule has 0 atom stereocenters. The molecule has 0 aliphatic carbocycles. The molecule has 0 unspecified atom stereocenters. The number of benzene rings is 3. The van der Waals surface area contributed by atoms with Crippen LogP contribution in [-0.4, -0.2) is 12.2 Å². The van der Waals surface area contributed by atoms with Crippen molar-refractivity contribution in [2.24, 2.45) is 0 Å². The maximum Gasteiger partial charge on any atom is 0.169 e. The molecule has 0 bridgehead atoms. The van der Waals surface area contributed by atoms with Crippen molar-refractivity contribution in [1.29, 1.82) is 0 Å². The summed E-state index contributed by atoms with van der Waals surface area (Å²) in [6.07, 6.45) is 0. The summed E-state index contributed by atoms with van der Waals surface area (Å²) in [7, 11) is 1.60. The fourth-order valence-corrected chi connectivity index (χ4v) is 2.94. The molecule has 0 aliphatic heterocycles. The van der Waals surface area contributed by atoms with Crippen LogP contribution in [0.3, 0.4) is 0 Å². The minimum Gasteiger partial charge on any atom is -0.504 e. The van der Waals surface area contributed by atoms with Crippen LogP contribution in [0.2, 0.25) is 0 Å². The molecular formula is C22H22O2. The number of aryl methyl sites for hydroxylation is 3. The summed E-state index contributed by atoms with van der Waals surface area (Å²) in [4.78, 5) is 0. The van der Waals surface area contributed by atoms with E-state index in [-0.39, 0.29) is 5.75 Å². The van der Waals surface area contributed by atoms with Gasteiger partial charge in [-0.15, -0.1) is 0 Å². The summed E-state index contributed by atoms with van der Waals surface area (Å²) < 4.78 is 5.58. The highest BCUT2D eigenvalue weighted by atomic mass is 16.5. The number of ether oxygens (including phenoxy) is 1. The van der Waals surface area contributed by atoms with Crippen LogP contribution in [0.1, 0.15) is 16.7 Å². The molecule has 0 saturated heterocycles. The highest BCUT2D eigenvalue weighted by Crippen LogP contribution is 2.46. The van der Waals surface area contributed by atoms with Gasteiger partial charge < -0.3 is 9.84 Å². The summed E-state index contributed by atoms with van der Waals surface area (Å²) >= 11 is 0. The van der Waals surface area contributed by atoms with E-state index in [4.69, 9.17) is 4.74 Å². The topological polar surface area (TPSA) is 29.5 Å². The van der Waals surface area contributed by atoms with Crippen molar-refractivity contribution in [3.8, 4) is 33.8 Å². The van der Waals surface area contributed by atoms with Gasteiger partial charge in [0.2, 0.25) is 0 Å². The summed E-state index contributed by atoms with van der Waals surface area (Å²) in [6.45, 7) is 6.04. The van der Waals surface area contributed by atoms with Gasteiger partial charge in [0.05, 0.1) is 7.11 Å².